The lowest BCUT2D eigenvalue weighted by molar-refractivity contribution is -0.757. The minimum atomic E-state index is -4.90. The molecule has 2 atom stereocenters. The number of unbranched alkanes of at least 4 members (excludes halogenated alkanes) is 1. The van der Waals surface area contributed by atoms with Gasteiger partial charge in [0.25, 0.3) is 5.09 Å². The van der Waals surface area contributed by atoms with Crippen molar-refractivity contribution in [1.82, 2.24) is 0 Å². The second-order valence-corrected chi connectivity index (χ2v) is 7.09. The number of rotatable bonds is 9. The Morgan fingerprint density at radius 1 is 1.18 bits per heavy atom. The third kappa shape index (κ3) is 7.54. The summed E-state index contributed by atoms with van der Waals surface area (Å²) in [5.41, 5.74) is 0.726. The highest BCUT2D eigenvalue weighted by atomic mass is 19.4. The first-order valence-corrected chi connectivity index (χ1v) is 9.76. The number of ether oxygens (including phenoxy) is 4. The Morgan fingerprint density at radius 2 is 1.85 bits per heavy atom. The molecule has 0 spiro atoms. The minimum Gasteiger partial charge on any atom is -0.475 e. The molecule has 0 amide bonds. The van der Waals surface area contributed by atoms with E-state index in [1.54, 1.807) is 26.0 Å². The van der Waals surface area contributed by atoms with E-state index < -0.39 is 41.4 Å². The number of hydrogen-bond donors (Lipinski definition) is 0. The fourth-order valence-electron chi connectivity index (χ4n) is 3.00. The number of benzene rings is 1. The number of aryl methyl sites for hydroxylation is 2. The van der Waals surface area contributed by atoms with Gasteiger partial charge in [-0.3, -0.25) is 0 Å². The van der Waals surface area contributed by atoms with Gasteiger partial charge in [0, 0.05) is 12.5 Å². The van der Waals surface area contributed by atoms with Gasteiger partial charge in [-0.2, -0.15) is 13.2 Å². The number of hydrogen-bond acceptors (Lipinski definition) is 9. The standard InChI is InChI=1S/C20H22F3NO9/c1-11-8-12(2)16-14(9-11)10-15(17(33-16)20(21,22)23)18(25)31-13(3)32-19(26)29-6-4-5-7-30-24(27)28/h8-10,13,17H,4-7H2,1-3H3/t13?,17-/m0/s1. The van der Waals surface area contributed by atoms with Gasteiger partial charge in [0.05, 0.1) is 18.8 Å². The van der Waals surface area contributed by atoms with Crippen molar-refractivity contribution in [2.24, 2.45) is 0 Å². The molecule has 1 aliphatic heterocycles. The lowest BCUT2D eigenvalue weighted by Gasteiger charge is -2.29. The van der Waals surface area contributed by atoms with Crippen LogP contribution in [0.1, 0.15) is 36.5 Å². The molecule has 10 nitrogen and oxygen atoms in total. The predicted octanol–water partition coefficient (Wildman–Crippen LogP) is 4.04. The Balaban J connectivity index is 1.98. The highest BCUT2D eigenvalue weighted by molar-refractivity contribution is 5.96. The van der Waals surface area contributed by atoms with Gasteiger partial charge in [-0.25, -0.2) is 9.59 Å². The molecule has 0 radical (unpaired) electrons. The Labute approximate surface area is 186 Å². The first-order valence-electron chi connectivity index (χ1n) is 9.76. The van der Waals surface area contributed by atoms with Crippen LogP contribution in [0.2, 0.25) is 0 Å². The van der Waals surface area contributed by atoms with Crippen LogP contribution in [0, 0.1) is 24.0 Å². The van der Waals surface area contributed by atoms with Crippen molar-refractivity contribution in [1.29, 1.82) is 0 Å². The molecule has 182 valence electrons. The molecule has 1 aromatic carbocycles. The SMILES string of the molecule is Cc1cc(C)c2c(c1)C=C(C(=O)OC(C)OC(=O)OCCCCO[N+](=O)[O-])[C@@H](C(F)(F)F)O2. The maximum absolute atomic E-state index is 13.6. The molecule has 33 heavy (non-hydrogen) atoms. The number of fused-ring (bicyclic) bond motifs is 1. The number of carbonyl (C=O) groups is 2. The van der Waals surface area contributed by atoms with E-state index in [1.807, 2.05) is 0 Å². The number of nitrogens with zero attached hydrogens (tertiary/aromatic N) is 1. The van der Waals surface area contributed by atoms with E-state index in [9.17, 15) is 32.9 Å². The van der Waals surface area contributed by atoms with Gasteiger partial charge in [-0.05, 0) is 44.4 Å². The van der Waals surface area contributed by atoms with Crippen LogP contribution in [-0.4, -0.2) is 49.0 Å². The van der Waals surface area contributed by atoms with Crippen molar-refractivity contribution < 1.29 is 51.6 Å². The maximum Gasteiger partial charge on any atom is 0.511 e. The number of alkyl halides is 3. The summed E-state index contributed by atoms with van der Waals surface area (Å²) in [5, 5.41) is 9.04. The van der Waals surface area contributed by atoms with Crippen molar-refractivity contribution in [2.45, 2.75) is 52.2 Å². The minimum absolute atomic E-state index is 0.0102. The molecular formula is C20H22F3NO9. The third-order valence-corrected chi connectivity index (χ3v) is 4.30. The second kappa shape index (κ2) is 10.9. The molecule has 1 unspecified atom stereocenters. The summed E-state index contributed by atoms with van der Waals surface area (Å²) in [4.78, 5) is 38.1. The number of halogens is 3. The quantitative estimate of drug-likeness (QED) is 0.170. The normalized spacial score (nSPS) is 15.9. The largest absolute Gasteiger partial charge is 0.511 e. The summed E-state index contributed by atoms with van der Waals surface area (Å²) in [6.45, 7) is 4.11. The van der Waals surface area contributed by atoms with Crippen LogP contribution in [0.15, 0.2) is 17.7 Å². The Bertz CT molecular complexity index is 930. The lowest BCUT2D eigenvalue weighted by Crippen LogP contribution is -2.41. The van der Waals surface area contributed by atoms with Gasteiger partial charge >= 0.3 is 18.3 Å². The van der Waals surface area contributed by atoms with Crippen molar-refractivity contribution >= 4 is 18.2 Å². The van der Waals surface area contributed by atoms with Crippen molar-refractivity contribution in [3.05, 3.63) is 44.5 Å². The average molecular weight is 477 g/mol. The summed E-state index contributed by atoms with van der Waals surface area (Å²) in [5.74, 6) is -1.37. The molecule has 13 heteroatoms. The molecule has 1 heterocycles. The maximum atomic E-state index is 13.6. The first kappa shape index (κ1) is 25.7. The second-order valence-electron chi connectivity index (χ2n) is 7.09. The van der Waals surface area contributed by atoms with Crippen LogP contribution in [0.3, 0.4) is 0 Å². The molecule has 0 saturated carbocycles. The van der Waals surface area contributed by atoms with Crippen molar-refractivity contribution in [2.75, 3.05) is 13.2 Å². The summed E-state index contributed by atoms with van der Waals surface area (Å²) in [6, 6.07) is 3.22. The van der Waals surface area contributed by atoms with Crippen molar-refractivity contribution in [3.63, 3.8) is 0 Å². The zero-order valence-corrected chi connectivity index (χ0v) is 18.0. The molecule has 0 aromatic heterocycles. The summed E-state index contributed by atoms with van der Waals surface area (Å²) in [6.07, 6.45) is -8.75. The van der Waals surface area contributed by atoms with Crippen LogP contribution in [0.4, 0.5) is 18.0 Å². The fraction of sp³-hybridized carbons (Fsp3) is 0.500. The van der Waals surface area contributed by atoms with E-state index in [0.29, 0.717) is 5.56 Å². The zero-order chi connectivity index (χ0) is 24.8. The number of esters is 1. The van der Waals surface area contributed by atoms with E-state index in [-0.39, 0.29) is 37.4 Å². The van der Waals surface area contributed by atoms with Gasteiger partial charge in [-0.15, -0.1) is 10.1 Å². The predicted molar refractivity (Wildman–Crippen MR) is 105 cm³/mol. The van der Waals surface area contributed by atoms with Gasteiger partial charge in [0.1, 0.15) is 5.75 Å². The average Bonchev–Trinajstić information content (AvgIpc) is 2.68. The molecule has 1 aromatic rings. The smallest absolute Gasteiger partial charge is 0.475 e. The van der Waals surface area contributed by atoms with Crippen LogP contribution < -0.4 is 4.74 Å². The zero-order valence-electron chi connectivity index (χ0n) is 18.0. The third-order valence-electron chi connectivity index (χ3n) is 4.30. The van der Waals surface area contributed by atoms with E-state index in [2.05, 4.69) is 4.84 Å². The number of carbonyl (C=O) groups excluding carboxylic acids is 2. The fourth-order valence-corrected chi connectivity index (χ4v) is 3.00. The van der Waals surface area contributed by atoms with Crippen molar-refractivity contribution in [3.8, 4) is 5.75 Å². The van der Waals surface area contributed by atoms with Gasteiger partial charge in [-0.1, -0.05) is 11.6 Å². The molecule has 2 rings (SSSR count). The monoisotopic (exact) mass is 477 g/mol. The lowest BCUT2D eigenvalue weighted by atomic mass is 9.97. The van der Waals surface area contributed by atoms with Crippen LogP contribution in [-0.2, 0) is 23.8 Å². The summed E-state index contributed by atoms with van der Waals surface area (Å²) in [7, 11) is 0. The van der Waals surface area contributed by atoms with Gasteiger partial charge < -0.3 is 23.8 Å². The Hall–Kier alpha value is -3.51. The van der Waals surface area contributed by atoms with E-state index in [4.69, 9.17) is 18.9 Å². The molecule has 0 aliphatic carbocycles. The summed E-state index contributed by atoms with van der Waals surface area (Å²) >= 11 is 0. The van der Waals surface area contributed by atoms with Crippen LogP contribution in [0.5, 0.6) is 5.75 Å². The molecule has 0 bridgehead atoms. The summed E-state index contributed by atoms with van der Waals surface area (Å²) < 4.78 is 60.0. The van der Waals surface area contributed by atoms with E-state index in [1.165, 1.54) is 0 Å². The van der Waals surface area contributed by atoms with E-state index in [0.717, 1.165) is 18.6 Å². The van der Waals surface area contributed by atoms with Gasteiger partial charge in [0.2, 0.25) is 12.4 Å². The first-order chi connectivity index (χ1) is 15.4. The Kier molecular flexibility index (Phi) is 8.49. The molecule has 0 saturated heterocycles. The molecule has 0 N–H and O–H groups in total. The highest BCUT2D eigenvalue weighted by Crippen LogP contribution is 2.39. The topological polar surface area (TPSA) is 123 Å². The van der Waals surface area contributed by atoms with Crippen LogP contribution >= 0.6 is 0 Å². The molecule has 0 fully saturated rings. The van der Waals surface area contributed by atoms with Crippen LogP contribution in [0.25, 0.3) is 6.08 Å². The molecule has 1 aliphatic rings. The van der Waals surface area contributed by atoms with Gasteiger partial charge in [0.15, 0.2) is 0 Å². The Morgan fingerprint density at radius 3 is 2.48 bits per heavy atom. The van der Waals surface area contributed by atoms with E-state index >= 15 is 0 Å². The molecular weight excluding hydrogens is 455 g/mol. The highest BCUT2D eigenvalue weighted by Gasteiger charge is 2.49.